The van der Waals surface area contributed by atoms with Gasteiger partial charge in [-0.25, -0.2) is 0 Å². The fraction of sp³-hybridized carbons (Fsp3) is 0.591. The largest absolute Gasteiger partial charge is 0.480 e. The predicted octanol–water partition coefficient (Wildman–Crippen LogP) is 2.38. The molecule has 1 saturated carbocycles. The van der Waals surface area contributed by atoms with Crippen LogP contribution in [0.3, 0.4) is 0 Å². The molecule has 0 saturated heterocycles. The molecule has 1 aliphatic rings. The first-order valence-corrected chi connectivity index (χ1v) is 10.4. The van der Waals surface area contributed by atoms with Crippen LogP contribution in [0.4, 0.5) is 0 Å². The van der Waals surface area contributed by atoms with Crippen LogP contribution in [0.1, 0.15) is 51.5 Å². The molecule has 7 nitrogen and oxygen atoms in total. The van der Waals surface area contributed by atoms with Crippen molar-refractivity contribution in [3.8, 4) is 0 Å². The summed E-state index contributed by atoms with van der Waals surface area (Å²) in [4.78, 5) is 38.2. The highest BCUT2D eigenvalue weighted by molar-refractivity contribution is 5.86. The van der Waals surface area contributed by atoms with Crippen molar-refractivity contribution >= 4 is 17.8 Å². The number of carbonyl (C=O) groups excluding carboxylic acids is 2. The summed E-state index contributed by atoms with van der Waals surface area (Å²) in [6.07, 6.45) is 4.79. The number of benzene rings is 1. The lowest BCUT2D eigenvalue weighted by atomic mass is 10.0. The molecule has 7 heteroatoms. The summed E-state index contributed by atoms with van der Waals surface area (Å²) in [6.45, 7) is 3.37. The summed E-state index contributed by atoms with van der Waals surface area (Å²) in [5.41, 5.74) is 1.10. The zero-order valence-corrected chi connectivity index (χ0v) is 17.3. The van der Waals surface area contributed by atoms with E-state index in [0.717, 1.165) is 31.2 Å². The van der Waals surface area contributed by atoms with Gasteiger partial charge in [0.1, 0.15) is 12.6 Å². The molecule has 29 heavy (non-hydrogen) atoms. The van der Waals surface area contributed by atoms with Crippen LogP contribution in [0.15, 0.2) is 30.3 Å². The summed E-state index contributed by atoms with van der Waals surface area (Å²) in [5, 5.41) is 12.3. The number of carboxylic acid groups (broad SMARTS) is 1. The first-order chi connectivity index (χ1) is 13.9. The normalized spacial score (nSPS) is 16.2. The average Bonchev–Trinajstić information content (AvgIpc) is 3.24. The number of carboxylic acids is 1. The Bertz CT molecular complexity index is 673. The molecule has 0 bridgehead atoms. The maximum atomic E-state index is 13.0. The number of nitrogens with one attached hydrogen (secondary N) is 1. The lowest BCUT2D eigenvalue weighted by Crippen LogP contribution is -2.54. The minimum Gasteiger partial charge on any atom is -0.480 e. The molecule has 160 valence electrons. The number of esters is 1. The van der Waals surface area contributed by atoms with E-state index in [1.807, 2.05) is 30.3 Å². The Morgan fingerprint density at radius 2 is 1.86 bits per heavy atom. The van der Waals surface area contributed by atoms with Crippen molar-refractivity contribution in [2.75, 3.05) is 13.2 Å². The van der Waals surface area contributed by atoms with Crippen molar-refractivity contribution < 1.29 is 24.2 Å². The van der Waals surface area contributed by atoms with Gasteiger partial charge in [-0.1, -0.05) is 43.2 Å². The third-order valence-corrected chi connectivity index (χ3v) is 5.31. The molecule has 2 N–H and O–H groups in total. The zero-order valence-electron chi connectivity index (χ0n) is 17.3. The Kier molecular flexibility index (Phi) is 9.12. The number of nitrogens with zero attached hydrogens (tertiary/aromatic N) is 1. The molecule has 2 rings (SSSR count). The maximum Gasteiger partial charge on any atom is 0.323 e. The van der Waals surface area contributed by atoms with Crippen molar-refractivity contribution in [1.29, 1.82) is 0 Å². The van der Waals surface area contributed by atoms with Gasteiger partial charge in [0.15, 0.2) is 0 Å². The highest BCUT2D eigenvalue weighted by Crippen LogP contribution is 2.24. The van der Waals surface area contributed by atoms with Crippen LogP contribution in [0.25, 0.3) is 0 Å². The van der Waals surface area contributed by atoms with Crippen LogP contribution in [0, 0.1) is 0 Å². The van der Waals surface area contributed by atoms with E-state index in [4.69, 9.17) is 4.74 Å². The van der Waals surface area contributed by atoms with Gasteiger partial charge in [0.05, 0.1) is 12.6 Å². The molecule has 1 fully saturated rings. The van der Waals surface area contributed by atoms with Crippen molar-refractivity contribution in [3.05, 3.63) is 35.9 Å². The molecule has 0 aliphatic heterocycles. The third kappa shape index (κ3) is 7.16. The second-order valence-electron chi connectivity index (χ2n) is 7.52. The molecule has 1 amide bonds. The molecule has 1 unspecified atom stereocenters. The fourth-order valence-electron chi connectivity index (χ4n) is 3.84. The minimum atomic E-state index is -1.02. The third-order valence-electron chi connectivity index (χ3n) is 5.31. The maximum absolute atomic E-state index is 13.0. The standard InChI is InChI=1S/C22H32N2O5/c1-3-29-22(28)19(14-13-17-9-5-4-6-10-17)23-16(2)21(27)24(15-20(25)26)18-11-7-8-12-18/h4-6,9-10,16,18-19,23H,3,7-8,11-15H2,1-2H3,(H,25,26)/t16-,19?/m0/s1. The van der Waals surface area contributed by atoms with Crippen LogP contribution in [-0.4, -0.2) is 59.1 Å². The Morgan fingerprint density at radius 1 is 1.21 bits per heavy atom. The molecule has 1 aromatic carbocycles. The van der Waals surface area contributed by atoms with Crippen molar-refractivity contribution in [2.45, 2.75) is 70.5 Å². The molecule has 0 heterocycles. The summed E-state index contributed by atoms with van der Waals surface area (Å²) in [7, 11) is 0. The van der Waals surface area contributed by atoms with Crippen molar-refractivity contribution in [3.63, 3.8) is 0 Å². The summed E-state index contributed by atoms with van der Waals surface area (Å²) < 4.78 is 5.18. The van der Waals surface area contributed by atoms with E-state index in [0.29, 0.717) is 12.8 Å². The van der Waals surface area contributed by atoms with Crippen molar-refractivity contribution in [1.82, 2.24) is 10.2 Å². The smallest absolute Gasteiger partial charge is 0.323 e. The lowest BCUT2D eigenvalue weighted by Gasteiger charge is -2.31. The Hall–Kier alpha value is -2.41. The van der Waals surface area contributed by atoms with Crippen LogP contribution in [0.2, 0.25) is 0 Å². The van der Waals surface area contributed by atoms with Gasteiger partial charge in [-0.05, 0) is 45.1 Å². The van der Waals surface area contributed by atoms with Crippen LogP contribution in [-0.2, 0) is 25.5 Å². The molecular weight excluding hydrogens is 372 g/mol. The topological polar surface area (TPSA) is 95.9 Å². The van der Waals surface area contributed by atoms with E-state index in [2.05, 4.69) is 5.32 Å². The quantitative estimate of drug-likeness (QED) is 0.550. The van der Waals surface area contributed by atoms with Gasteiger partial charge in [0.25, 0.3) is 0 Å². The molecule has 0 spiro atoms. The second kappa shape index (κ2) is 11.6. The van der Waals surface area contributed by atoms with Gasteiger partial charge in [0.2, 0.25) is 5.91 Å². The van der Waals surface area contributed by atoms with Crippen molar-refractivity contribution in [2.24, 2.45) is 0 Å². The van der Waals surface area contributed by atoms with Gasteiger partial charge in [-0.2, -0.15) is 0 Å². The van der Waals surface area contributed by atoms with E-state index in [1.165, 1.54) is 4.90 Å². The van der Waals surface area contributed by atoms with Gasteiger partial charge < -0.3 is 14.7 Å². The number of ether oxygens (including phenoxy) is 1. The van der Waals surface area contributed by atoms with Gasteiger partial charge in [-0.3, -0.25) is 19.7 Å². The van der Waals surface area contributed by atoms with E-state index >= 15 is 0 Å². The van der Waals surface area contributed by atoms with E-state index in [1.54, 1.807) is 13.8 Å². The zero-order chi connectivity index (χ0) is 21.2. The molecular formula is C22H32N2O5. The number of amides is 1. The number of carbonyl (C=O) groups is 3. The number of aryl methyl sites for hydroxylation is 1. The number of hydrogen-bond donors (Lipinski definition) is 2. The highest BCUT2D eigenvalue weighted by Gasteiger charge is 2.33. The van der Waals surface area contributed by atoms with Gasteiger partial charge >= 0.3 is 11.9 Å². The number of rotatable bonds is 11. The minimum absolute atomic E-state index is 0.0480. The van der Waals surface area contributed by atoms with Gasteiger partial charge in [-0.15, -0.1) is 0 Å². The highest BCUT2D eigenvalue weighted by atomic mass is 16.5. The molecule has 1 aliphatic carbocycles. The summed E-state index contributed by atoms with van der Waals surface area (Å²) in [5.74, 6) is -1.70. The van der Waals surface area contributed by atoms with Crippen LogP contribution >= 0.6 is 0 Å². The molecule has 1 aromatic rings. The Labute approximate surface area is 172 Å². The second-order valence-corrected chi connectivity index (χ2v) is 7.52. The molecule has 0 radical (unpaired) electrons. The van der Waals surface area contributed by atoms with E-state index in [-0.39, 0.29) is 25.1 Å². The Morgan fingerprint density at radius 3 is 2.45 bits per heavy atom. The first-order valence-electron chi connectivity index (χ1n) is 10.4. The van der Waals surface area contributed by atoms with E-state index < -0.39 is 24.0 Å². The predicted molar refractivity (Wildman–Crippen MR) is 109 cm³/mol. The van der Waals surface area contributed by atoms with Gasteiger partial charge in [0, 0.05) is 6.04 Å². The van der Waals surface area contributed by atoms with Crippen LogP contribution < -0.4 is 5.32 Å². The SMILES string of the molecule is CCOC(=O)C(CCc1ccccc1)N[C@@H](C)C(=O)N(CC(=O)O)C1CCCC1. The number of aliphatic carboxylic acids is 1. The number of hydrogen-bond acceptors (Lipinski definition) is 5. The van der Waals surface area contributed by atoms with Crippen LogP contribution in [0.5, 0.6) is 0 Å². The Balaban J connectivity index is 2.04. The monoisotopic (exact) mass is 404 g/mol. The first kappa shape index (κ1) is 22.9. The summed E-state index contributed by atoms with van der Waals surface area (Å²) >= 11 is 0. The average molecular weight is 405 g/mol. The molecule has 2 atom stereocenters. The summed E-state index contributed by atoms with van der Waals surface area (Å²) in [6, 6.07) is 8.44. The fourth-order valence-corrected chi connectivity index (χ4v) is 3.84. The van der Waals surface area contributed by atoms with E-state index in [9.17, 15) is 19.5 Å². The lowest BCUT2D eigenvalue weighted by molar-refractivity contribution is -0.149. The molecule has 0 aromatic heterocycles.